The third-order valence-electron chi connectivity index (χ3n) is 3.62. The van der Waals surface area contributed by atoms with Crippen LogP contribution in [0.2, 0.25) is 5.02 Å². The van der Waals surface area contributed by atoms with Gasteiger partial charge in [-0.05, 0) is 18.2 Å². The quantitative estimate of drug-likeness (QED) is 0.675. The lowest BCUT2D eigenvalue weighted by molar-refractivity contribution is 0.0878. The summed E-state index contributed by atoms with van der Waals surface area (Å²) in [5.41, 5.74) is 5.37. The summed E-state index contributed by atoms with van der Waals surface area (Å²) in [4.78, 5) is 48.1. The molecule has 0 radical (unpaired) electrons. The third kappa shape index (κ3) is 2.24. The van der Waals surface area contributed by atoms with E-state index < -0.39 is 23.3 Å². The van der Waals surface area contributed by atoms with Gasteiger partial charge in [0.25, 0.3) is 23.3 Å². The zero-order chi connectivity index (χ0) is 17.6. The number of benzene rings is 1. The molecule has 8 nitrogen and oxygen atoms in total. The van der Waals surface area contributed by atoms with Crippen molar-refractivity contribution < 1.29 is 14.4 Å². The molecule has 0 saturated carbocycles. The van der Waals surface area contributed by atoms with Crippen molar-refractivity contribution in [2.75, 3.05) is 12.8 Å². The lowest BCUT2D eigenvalue weighted by Gasteiger charge is -2.15. The molecule has 0 fully saturated rings. The third-order valence-corrected chi connectivity index (χ3v) is 3.86. The van der Waals surface area contributed by atoms with E-state index in [1.165, 1.54) is 25.2 Å². The van der Waals surface area contributed by atoms with Crippen molar-refractivity contribution in [3.63, 3.8) is 0 Å². The van der Waals surface area contributed by atoms with Gasteiger partial charge in [-0.1, -0.05) is 11.6 Å². The smallest absolute Gasteiger partial charge is 0.262 e. The highest BCUT2D eigenvalue weighted by Gasteiger charge is 2.32. The fourth-order valence-electron chi connectivity index (χ4n) is 2.55. The first kappa shape index (κ1) is 15.8. The second-order valence-electron chi connectivity index (χ2n) is 5.02. The number of aromatic nitrogens is 1. The fourth-order valence-corrected chi connectivity index (χ4v) is 2.72. The van der Waals surface area contributed by atoms with Crippen molar-refractivity contribution in [3.8, 4) is 5.69 Å². The van der Waals surface area contributed by atoms with Crippen LogP contribution in [0.1, 0.15) is 31.1 Å². The van der Waals surface area contributed by atoms with Crippen LogP contribution in [0.15, 0.2) is 29.1 Å². The van der Waals surface area contributed by atoms with Crippen LogP contribution in [-0.4, -0.2) is 29.3 Å². The number of rotatable bonds is 2. The second kappa shape index (κ2) is 5.50. The number of fused-ring (bicyclic) bond motifs is 1. The Morgan fingerprint density at radius 2 is 1.92 bits per heavy atom. The lowest BCUT2D eigenvalue weighted by Crippen LogP contribution is -2.27. The highest BCUT2D eigenvalue weighted by molar-refractivity contribution is 6.31. The van der Waals surface area contributed by atoms with Crippen molar-refractivity contribution in [1.82, 2.24) is 15.2 Å². The molecule has 1 aromatic carbocycles. The van der Waals surface area contributed by atoms with E-state index in [1.54, 1.807) is 0 Å². The minimum atomic E-state index is -0.697. The number of halogens is 1. The Kier molecular flexibility index (Phi) is 3.61. The summed E-state index contributed by atoms with van der Waals surface area (Å²) in [6.07, 6.45) is 0. The first-order chi connectivity index (χ1) is 11.3. The van der Waals surface area contributed by atoms with Crippen molar-refractivity contribution >= 4 is 35.1 Å². The van der Waals surface area contributed by atoms with E-state index in [9.17, 15) is 19.2 Å². The number of imide groups is 1. The normalized spacial score (nSPS) is 12.8. The van der Waals surface area contributed by atoms with Crippen LogP contribution in [0.5, 0.6) is 0 Å². The Balaban J connectivity index is 2.36. The first-order valence-electron chi connectivity index (χ1n) is 6.78. The highest BCUT2D eigenvalue weighted by atomic mass is 35.5. The van der Waals surface area contributed by atoms with Crippen LogP contribution in [0, 0.1) is 0 Å². The number of anilines is 1. The van der Waals surface area contributed by atoms with Crippen molar-refractivity contribution in [3.05, 3.63) is 56.3 Å². The predicted molar refractivity (Wildman–Crippen MR) is 86.6 cm³/mol. The molecule has 1 aromatic heterocycles. The zero-order valence-electron chi connectivity index (χ0n) is 12.3. The summed E-state index contributed by atoms with van der Waals surface area (Å²) >= 11 is 5.91. The number of hydrogen-bond acceptors (Lipinski definition) is 5. The minimum absolute atomic E-state index is 0.0887. The van der Waals surface area contributed by atoms with Crippen LogP contribution in [0.25, 0.3) is 5.69 Å². The number of carbonyl (C=O) groups is 3. The molecular formula is C15H11ClN4O4. The average Bonchev–Trinajstić information content (AvgIpc) is 2.82. The Bertz CT molecular complexity index is 980. The van der Waals surface area contributed by atoms with Gasteiger partial charge in [-0.2, -0.15) is 0 Å². The SMILES string of the molecule is CNC(=O)c1cc(Cl)ccc1-n1c(N)c2c(cc1=O)C(=O)NC2=O. The maximum atomic E-state index is 12.4. The van der Waals surface area contributed by atoms with Gasteiger partial charge in [0.05, 0.1) is 22.4 Å². The van der Waals surface area contributed by atoms with Crippen LogP contribution in [-0.2, 0) is 0 Å². The second-order valence-corrected chi connectivity index (χ2v) is 5.45. The summed E-state index contributed by atoms with van der Waals surface area (Å²) in [6.45, 7) is 0. The molecule has 9 heteroatoms. The van der Waals surface area contributed by atoms with Gasteiger partial charge in [-0.3, -0.25) is 29.1 Å². The van der Waals surface area contributed by atoms with Gasteiger partial charge in [0.15, 0.2) is 0 Å². The molecule has 3 amide bonds. The molecule has 0 unspecified atom stereocenters. The molecule has 2 aromatic rings. The molecule has 122 valence electrons. The number of nitrogens with two attached hydrogens (primary N) is 1. The van der Waals surface area contributed by atoms with E-state index in [2.05, 4.69) is 10.6 Å². The number of nitrogen functional groups attached to an aromatic ring is 1. The van der Waals surface area contributed by atoms with Crippen molar-refractivity contribution in [1.29, 1.82) is 0 Å². The van der Waals surface area contributed by atoms with Crippen LogP contribution in [0.4, 0.5) is 5.82 Å². The molecule has 1 aliphatic rings. The van der Waals surface area contributed by atoms with Gasteiger partial charge in [0.2, 0.25) is 0 Å². The van der Waals surface area contributed by atoms with Gasteiger partial charge in [0, 0.05) is 18.1 Å². The summed E-state index contributed by atoms with van der Waals surface area (Å²) in [5.74, 6) is -2.10. The molecule has 0 atom stereocenters. The van der Waals surface area contributed by atoms with Crippen LogP contribution in [0.3, 0.4) is 0 Å². The van der Waals surface area contributed by atoms with Crippen LogP contribution >= 0.6 is 11.6 Å². The highest BCUT2D eigenvalue weighted by Crippen LogP contribution is 2.26. The lowest BCUT2D eigenvalue weighted by atomic mass is 10.1. The van der Waals surface area contributed by atoms with Crippen LogP contribution < -0.4 is 21.9 Å². The molecule has 2 heterocycles. The van der Waals surface area contributed by atoms with Gasteiger partial charge in [-0.25, -0.2) is 0 Å². The Labute approximate surface area is 140 Å². The fraction of sp³-hybridized carbons (Fsp3) is 0.0667. The Hall–Kier alpha value is -3.13. The molecule has 0 saturated heterocycles. The van der Waals surface area contributed by atoms with E-state index in [-0.39, 0.29) is 33.2 Å². The van der Waals surface area contributed by atoms with Crippen molar-refractivity contribution in [2.24, 2.45) is 0 Å². The van der Waals surface area contributed by atoms with Gasteiger partial charge >= 0.3 is 0 Å². The van der Waals surface area contributed by atoms with E-state index in [0.29, 0.717) is 0 Å². The number of amides is 3. The molecule has 1 aliphatic heterocycles. The van der Waals surface area contributed by atoms with E-state index in [0.717, 1.165) is 10.6 Å². The van der Waals surface area contributed by atoms with Gasteiger partial charge < -0.3 is 11.1 Å². The molecule has 3 rings (SSSR count). The van der Waals surface area contributed by atoms with E-state index in [1.807, 2.05) is 0 Å². The average molecular weight is 347 g/mol. The monoisotopic (exact) mass is 346 g/mol. The molecule has 0 spiro atoms. The van der Waals surface area contributed by atoms with Crippen molar-refractivity contribution in [2.45, 2.75) is 0 Å². The Morgan fingerprint density at radius 1 is 1.21 bits per heavy atom. The summed E-state index contributed by atoms with van der Waals surface area (Å²) in [6, 6.07) is 5.30. The standard InChI is InChI=1S/C15H11ClN4O4/c1-18-13(22)7-4-6(16)2-3-9(7)20-10(21)5-8-11(12(20)17)15(24)19-14(8)23/h2-5H,17H2,1H3,(H,18,22)(H,19,23,24). The topological polar surface area (TPSA) is 123 Å². The summed E-state index contributed by atoms with van der Waals surface area (Å²) < 4.78 is 0.998. The van der Waals surface area contributed by atoms with E-state index in [4.69, 9.17) is 17.3 Å². The number of hydrogen-bond donors (Lipinski definition) is 3. The zero-order valence-corrected chi connectivity index (χ0v) is 13.1. The largest absolute Gasteiger partial charge is 0.384 e. The summed E-state index contributed by atoms with van der Waals surface area (Å²) in [7, 11) is 1.42. The number of pyridine rings is 1. The van der Waals surface area contributed by atoms with Gasteiger partial charge in [0.1, 0.15) is 5.82 Å². The first-order valence-corrected chi connectivity index (χ1v) is 7.16. The molecule has 0 bridgehead atoms. The predicted octanol–water partition coefficient (Wildman–Crippen LogP) is 0.316. The minimum Gasteiger partial charge on any atom is -0.384 e. The maximum Gasteiger partial charge on any atom is 0.262 e. The molecule has 24 heavy (non-hydrogen) atoms. The molecule has 0 aliphatic carbocycles. The molecular weight excluding hydrogens is 336 g/mol. The summed E-state index contributed by atoms with van der Waals surface area (Å²) in [5, 5.41) is 4.80. The number of nitrogens with zero attached hydrogens (tertiary/aromatic N) is 1. The Morgan fingerprint density at radius 3 is 2.58 bits per heavy atom. The number of carbonyl (C=O) groups excluding carboxylic acids is 3. The number of nitrogens with one attached hydrogen (secondary N) is 2. The molecule has 4 N–H and O–H groups in total. The maximum absolute atomic E-state index is 12.4. The van der Waals surface area contributed by atoms with Gasteiger partial charge in [-0.15, -0.1) is 0 Å². The van der Waals surface area contributed by atoms with E-state index >= 15 is 0 Å².